The van der Waals surface area contributed by atoms with Crippen molar-refractivity contribution in [1.29, 1.82) is 0 Å². The highest BCUT2D eigenvalue weighted by Gasteiger charge is 2.03. The number of rotatable bonds is 1. The number of nitrogens with zero attached hydrogens (tertiary/aromatic N) is 1. The third kappa shape index (κ3) is 1.47. The molecular formula is C6H4BrClFN. The Morgan fingerprint density at radius 3 is 2.80 bits per heavy atom. The van der Waals surface area contributed by atoms with Crippen LogP contribution in [-0.4, -0.2) is 4.98 Å². The summed E-state index contributed by atoms with van der Waals surface area (Å²) in [5.74, 6) is -0.178. The first-order valence-electron chi connectivity index (χ1n) is 2.59. The number of hydrogen-bond acceptors (Lipinski definition) is 1. The Balaban J connectivity index is 3.14. The number of pyridine rings is 1. The maximum Gasteiger partial charge on any atom is 0.144 e. The van der Waals surface area contributed by atoms with Gasteiger partial charge in [0.2, 0.25) is 0 Å². The lowest BCUT2D eigenvalue weighted by Crippen LogP contribution is -1.88. The fourth-order valence-electron chi connectivity index (χ4n) is 0.553. The molecule has 0 aromatic carbocycles. The Labute approximate surface area is 71.4 Å². The summed E-state index contributed by atoms with van der Waals surface area (Å²) < 4.78 is 13.2. The van der Waals surface area contributed by atoms with Crippen molar-refractivity contribution in [2.24, 2.45) is 0 Å². The van der Waals surface area contributed by atoms with Gasteiger partial charge in [0.1, 0.15) is 5.82 Å². The standard InChI is InChI=1S/C6H4BrClFN/c7-5-3-10-2-4(1-8)6(5)9/h2-3H,1H2. The van der Waals surface area contributed by atoms with E-state index in [9.17, 15) is 4.39 Å². The SMILES string of the molecule is Fc1c(Br)cncc1CCl. The van der Waals surface area contributed by atoms with Crippen molar-refractivity contribution in [3.8, 4) is 0 Å². The van der Waals surface area contributed by atoms with Crippen LogP contribution >= 0.6 is 27.5 Å². The molecule has 0 unspecified atom stereocenters. The van der Waals surface area contributed by atoms with Gasteiger partial charge in [0.15, 0.2) is 0 Å². The first-order chi connectivity index (χ1) is 4.75. The van der Waals surface area contributed by atoms with E-state index in [0.717, 1.165) is 0 Å². The molecule has 0 N–H and O–H groups in total. The number of alkyl halides is 1. The van der Waals surface area contributed by atoms with Gasteiger partial charge in [-0.25, -0.2) is 4.39 Å². The normalized spacial score (nSPS) is 9.90. The molecule has 0 spiro atoms. The van der Waals surface area contributed by atoms with Crippen molar-refractivity contribution in [2.45, 2.75) is 5.88 Å². The van der Waals surface area contributed by atoms with Crippen LogP contribution in [-0.2, 0) is 5.88 Å². The molecule has 54 valence electrons. The van der Waals surface area contributed by atoms with Gasteiger partial charge in [0.05, 0.1) is 10.4 Å². The zero-order valence-corrected chi connectivity index (χ0v) is 7.28. The van der Waals surface area contributed by atoms with E-state index in [1.54, 1.807) is 0 Å². The summed E-state index contributed by atoms with van der Waals surface area (Å²) in [6.07, 6.45) is 2.80. The van der Waals surface area contributed by atoms with E-state index in [1.165, 1.54) is 12.4 Å². The Morgan fingerprint density at radius 2 is 2.30 bits per heavy atom. The van der Waals surface area contributed by atoms with Crippen molar-refractivity contribution >= 4 is 27.5 Å². The Morgan fingerprint density at radius 1 is 1.60 bits per heavy atom. The molecule has 4 heteroatoms. The minimum absolute atomic E-state index is 0.151. The van der Waals surface area contributed by atoms with Crippen molar-refractivity contribution in [1.82, 2.24) is 4.98 Å². The summed E-state index contributed by atoms with van der Waals surface area (Å²) in [4.78, 5) is 3.74. The summed E-state index contributed by atoms with van der Waals surface area (Å²) >= 11 is 8.39. The topological polar surface area (TPSA) is 12.9 Å². The molecular weight excluding hydrogens is 220 g/mol. The molecule has 0 fully saturated rings. The largest absolute Gasteiger partial charge is 0.263 e. The second-order valence-corrected chi connectivity index (χ2v) is 2.85. The van der Waals surface area contributed by atoms with Gasteiger partial charge >= 0.3 is 0 Å². The molecule has 0 aliphatic rings. The van der Waals surface area contributed by atoms with Crippen molar-refractivity contribution in [2.75, 3.05) is 0 Å². The van der Waals surface area contributed by atoms with Gasteiger partial charge in [-0.05, 0) is 15.9 Å². The molecule has 1 heterocycles. The van der Waals surface area contributed by atoms with Gasteiger partial charge in [0.25, 0.3) is 0 Å². The minimum Gasteiger partial charge on any atom is -0.263 e. The lowest BCUT2D eigenvalue weighted by molar-refractivity contribution is 0.607. The molecule has 0 amide bonds. The number of halogens is 3. The van der Waals surface area contributed by atoms with Crippen LogP contribution in [0, 0.1) is 5.82 Å². The Kier molecular flexibility index (Phi) is 2.63. The predicted octanol–water partition coefficient (Wildman–Crippen LogP) is 2.72. The molecule has 0 saturated carbocycles. The second-order valence-electron chi connectivity index (χ2n) is 1.73. The number of aromatic nitrogens is 1. The van der Waals surface area contributed by atoms with Gasteiger partial charge in [0, 0.05) is 18.0 Å². The van der Waals surface area contributed by atoms with Crippen LogP contribution in [0.3, 0.4) is 0 Å². The van der Waals surface area contributed by atoms with Crippen LogP contribution in [0.25, 0.3) is 0 Å². The summed E-state index contributed by atoms with van der Waals surface area (Å²) in [6, 6.07) is 0. The van der Waals surface area contributed by atoms with Crippen LogP contribution in [0.15, 0.2) is 16.9 Å². The molecule has 1 aromatic rings. The zero-order chi connectivity index (χ0) is 7.56. The van der Waals surface area contributed by atoms with Crippen molar-refractivity contribution in [3.05, 3.63) is 28.2 Å². The second kappa shape index (κ2) is 3.30. The molecule has 10 heavy (non-hydrogen) atoms. The molecule has 0 aliphatic carbocycles. The lowest BCUT2D eigenvalue weighted by atomic mass is 10.3. The van der Waals surface area contributed by atoms with Gasteiger partial charge in [-0.2, -0.15) is 0 Å². The quantitative estimate of drug-likeness (QED) is 0.669. The van der Waals surface area contributed by atoms with E-state index >= 15 is 0 Å². The van der Waals surface area contributed by atoms with E-state index in [1.807, 2.05) is 0 Å². The van der Waals surface area contributed by atoms with E-state index in [2.05, 4.69) is 20.9 Å². The Hall–Kier alpha value is -0.150. The summed E-state index contributed by atoms with van der Waals surface area (Å²) in [7, 11) is 0. The molecule has 0 aliphatic heterocycles. The first-order valence-corrected chi connectivity index (χ1v) is 3.92. The molecule has 0 saturated heterocycles. The average molecular weight is 224 g/mol. The minimum atomic E-state index is -0.329. The van der Waals surface area contributed by atoms with Crippen LogP contribution in [0.1, 0.15) is 5.56 Å². The van der Waals surface area contributed by atoms with Gasteiger partial charge in [-0.15, -0.1) is 11.6 Å². The molecule has 0 radical (unpaired) electrons. The Bertz CT molecular complexity index is 241. The number of hydrogen-bond donors (Lipinski definition) is 0. The van der Waals surface area contributed by atoms with Crippen LogP contribution < -0.4 is 0 Å². The molecule has 0 bridgehead atoms. The van der Waals surface area contributed by atoms with Crippen LogP contribution in [0.5, 0.6) is 0 Å². The molecule has 1 nitrogen and oxygen atoms in total. The third-order valence-electron chi connectivity index (χ3n) is 1.05. The summed E-state index contributed by atoms with van der Waals surface area (Å²) in [5, 5.41) is 0. The lowest BCUT2D eigenvalue weighted by Gasteiger charge is -1.97. The third-order valence-corrected chi connectivity index (χ3v) is 1.89. The zero-order valence-electron chi connectivity index (χ0n) is 4.94. The van der Waals surface area contributed by atoms with Gasteiger partial charge < -0.3 is 0 Å². The van der Waals surface area contributed by atoms with Crippen molar-refractivity contribution < 1.29 is 4.39 Å². The first kappa shape index (κ1) is 7.95. The van der Waals surface area contributed by atoms with E-state index < -0.39 is 0 Å². The fraction of sp³-hybridized carbons (Fsp3) is 0.167. The molecule has 1 aromatic heterocycles. The van der Waals surface area contributed by atoms with Gasteiger partial charge in [-0.1, -0.05) is 0 Å². The van der Waals surface area contributed by atoms with E-state index in [-0.39, 0.29) is 11.7 Å². The van der Waals surface area contributed by atoms with Crippen molar-refractivity contribution in [3.63, 3.8) is 0 Å². The smallest absolute Gasteiger partial charge is 0.144 e. The predicted molar refractivity (Wildman–Crippen MR) is 41.5 cm³/mol. The fourth-order valence-corrected chi connectivity index (χ4v) is 1.11. The molecule has 1 rings (SSSR count). The monoisotopic (exact) mass is 223 g/mol. The molecule has 0 atom stereocenters. The summed E-state index contributed by atoms with van der Waals surface area (Å²) in [6.45, 7) is 0. The average Bonchev–Trinajstić information content (AvgIpc) is 1.95. The highest BCUT2D eigenvalue weighted by molar-refractivity contribution is 9.10. The van der Waals surface area contributed by atoms with Gasteiger partial charge in [-0.3, -0.25) is 4.98 Å². The van der Waals surface area contributed by atoms with Crippen LogP contribution in [0.4, 0.5) is 4.39 Å². The maximum atomic E-state index is 12.8. The van der Waals surface area contributed by atoms with E-state index in [0.29, 0.717) is 10.0 Å². The highest BCUT2D eigenvalue weighted by Crippen LogP contribution is 2.17. The highest BCUT2D eigenvalue weighted by atomic mass is 79.9. The summed E-state index contributed by atoms with van der Waals surface area (Å²) in [5.41, 5.74) is 0.413. The maximum absolute atomic E-state index is 12.8. The van der Waals surface area contributed by atoms with Crippen LogP contribution in [0.2, 0.25) is 0 Å². The van der Waals surface area contributed by atoms with E-state index in [4.69, 9.17) is 11.6 Å².